The first kappa shape index (κ1) is 64.3. The van der Waals surface area contributed by atoms with Crippen molar-refractivity contribution in [1.82, 2.24) is 4.90 Å². The predicted molar refractivity (Wildman–Crippen MR) is 362 cm³/mol. The summed E-state index contributed by atoms with van der Waals surface area (Å²) in [7, 11) is 0. The van der Waals surface area contributed by atoms with Crippen LogP contribution in [0.5, 0.6) is 0 Å². The molecule has 0 saturated carbocycles. The van der Waals surface area contributed by atoms with E-state index in [1.807, 2.05) is 16.2 Å². The summed E-state index contributed by atoms with van der Waals surface area (Å²) in [6.07, 6.45) is 57.5. The molecule has 3 aliphatic heterocycles. The maximum atomic E-state index is 15.6. The second-order valence-electron chi connectivity index (χ2n) is 24.9. The summed E-state index contributed by atoms with van der Waals surface area (Å²) in [5, 5.41) is 0. The minimum atomic E-state index is -0.653. The highest BCUT2D eigenvalue weighted by Gasteiger charge is 2.54. The van der Waals surface area contributed by atoms with Gasteiger partial charge in [-0.05, 0) is 74.2 Å². The molecule has 80 heavy (non-hydrogen) atoms. The molecule has 4 aliphatic rings. The fourth-order valence-electron chi connectivity index (χ4n) is 13.8. The lowest BCUT2D eigenvalue weighted by atomic mass is 9.85. The van der Waals surface area contributed by atoms with Gasteiger partial charge in [0.1, 0.15) is 6.04 Å². The molecule has 1 aliphatic carbocycles. The standard InChI is InChI=1S/C70H102Br2N2O2S4/c1-5-9-13-17-21-25-27-31-34-38-42-50(41-37-33-29-23-19-15-11-7-3)45-52-49-74-64(69-58(52)66-54(78-69)47-56(71)79-66)62-60(70(74)76)61-63(65(62)75)73-53(59-67-55(77-68(59)61)48-57(72)80-67)46-51(43-39-35-30-24-20-16-12-8-4)44-40-36-32-28-26-22-18-14-10-6-2/h47-51,63H,5-46H2,1-4H3. The molecule has 7 heterocycles. The molecule has 0 aromatic carbocycles. The smallest absolute Gasteiger partial charge is 0.263 e. The number of rotatable bonds is 44. The molecule has 0 radical (unpaired) electrons. The molecule has 1 amide bonds. The van der Waals surface area contributed by atoms with Gasteiger partial charge in [0.2, 0.25) is 0 Å². The Morgan fingerprint density at radius 1 is 0.463 bits per heavy atom. The lowest BCUT2D eigenvalue weighted by Crippen LogP contribution is -2.28. The Bertz CT molecular complexity index is 2530. The van der Waals surface area contributed by atoms with Gasteiger partial charge in [0.05, 0.1) is 38.7 Å². The number of hydrogen-bond donors (Lipinski definition) is 0. The molecule has 0 N–H and O–H groups in total. The van der Waals surface area contributed by atoms with Gasteiger partial charge in [-0.25, -0.2) is 0 Å². The number of thiophene rings is 4. The van der Waals surface area contributed by atoms with Crippen LogP contribution in [0.1, 0.15) is 318 Å². The molecular formula is C70H102Br2N2O2S4. The normalized spacial score (nSPS) is 16.6. The van der Waals surface area contributed by atoms with Crippen molar-refractivity contribution in [3.63, 3.8) is 0 Å². The van der Waals surface area contributed by atoms with Crippen molar-refractivity contribution in [3.05, 3.63) is 57.9 Å². The highest BCUT2D eigenvalue weighted by Crippen LogP contribution is 2.59. The highest BCUT2D eigenvalue weighted by molar-refractivity contribution is 9.11. The number of ketones is 1. The fraction of sp³-hybridized carbons (Fsp3) is 0.700. The molecule has 4 nitrogen and oxygen atoms in total. The summed E-state index contributed by atoms with van der Waals surface area (Å²) < 4.78 is 7.32. The van der Waals surface area contributed by atoms with Gasteiger partial charge in [0.15, 0.2) is 5.78 Å². The minimum absolute atomic E-state index is 0.0210. The predicted octanol–water partition coefficient (Wildman–Crippen LogP) is 25.6. The van der Waals surface area contributed by atoms with E-state index < -0.39 is 6.04 Å². The molecule has 0 spiro atoms. The molecule has 442 valence electrons. The minimum Gasteiger partial charge on any atom is -0.291 e. The zero-order valence-corrected chi connectivity index (χ0v) is 56.7. The summed E-state index contributed by atoms with van der Waals surface area (Å²) in [6, 6.07) is 3.87. The van der Waals surface area contributed by atoms with Gasteiger partial charge < -0.3 is 0 Å². The Balaban J connectivity index is 1.04. The number of carbonyl (C=O) groups is 2. The third-order valence-corrected chi connectivity index (χ3v) is 24.2. The van der Waals surface area contributed by atoms with Crippen LogP contribution in [0.3, 0.4) is 0 Å². The summed E-state index contributed by atoms with van der Waals surface area (Å²) in [5.41, 5.74) is 7.91. The Morgan fingerprint density at radius 2 is 0.838 bits per heavy atom. The molecule has 4 aromatic rings. The van der Waals surface area contributed by atoms with Crippen molar-refractivity contribution in [3.8, 4) is 0 Å². The molecule has 3 unspecified atom stereocenters. The Kier molecular flexibility index (Phi) is 27.7. The van der Waals surface area contributed by atoms with Crippen molar-refractivity contribution < 1.29 is 9.59 Å². The lowest BCUT2D eigenvalue weighted by Gasteiger charge is -2.28. The van der Waals surface area contributed by atoms with E-state index in [1.165, 1.54) is 292 Å². The molecule has 8 rings (SSSR count). The molecule has 0 fully saturated rings. The first-order valence-electron chi connectivity index (χ1n) is 33.4. The Hall–Kier alpha value is -1.69. The number of hydrogen-bond acceptors (Lipinski definition) is 7. The number of allylic oxidation sites excluding steroid dienone is 1. The van der Waals surface area contributed by atoms with Crippen LogP contribution in [0, 0.1) is 11.8 Å². The number of carbonyl (C=O) groups excluding carboxylic acids is 2. The number of aliphatic imine (C=N–C) groups is 1. The van der Waals surface area contributed by atoms with Gasteiger partial charge in [-0.15, -0.1) is 45.3 Å². The van der Waals surface area contributed by atoms with E-state index in [0.717, 1.165) is 47.2 Å². The maximum absolute atomic E-state index is 15.6. The van der Waals surface area contributed by atoms with Gasteiger partial charge in [0.25, 0.3) is 5.91 Å². The van der Waals surface area contributed by atoms with Crippen molar-refractivity contribution >= 4 is 130 Å². The van der Waals surface area contributed by atoms with E-state index >= 15 is 9.59 Å². The molecule has 4 aromatic heterocycles. The summed E-state index contributed by atoms with van der Waals surface area (Å²) in [5.74, 6) is 1.11. The van der Waals surface area contributed by atoms with Crippen LogP contribution < -0.4 is 0 Å². The molecular weight excluding hydrogens is 1190 g/mol. The van der Waals surface area contributed by atoms with E-state index in [9.17, 15) is 0 Å². The summed E-state index contributed by atoms with van der Waals surface area (Å²) in [4.78, 5) is 41.0. The van der Waals surface area contributed by atoms with Gasteiger partial charge in [-0.2, -0.15) is 0 Å². The molecule has 3 atom stereocenters. The van der Waals surface area contributed by atoms with Gasteiger partial charge in [0, 0.05) is 42.9 Å². The number of amides is 1. The van der Waals surface area contributed by atoms with Crippen molar-refractivity contribution in [2.75, 3.05) is 0 Å². The van der Waals surface area contributed by atoms with Crippen LogP contribution in [0.15, 0.2) is 42.0 Å². The monoisotopic (exact) mass is 1290 g/mol. The topological polar surface area (TPSA) is 49.7 Å². The van der Waals surface area contributed by atoms with Crippen LogP contribution in [0.2, 0.25) is 0 Å². The lowest BCUT2D eigenvalue weighted by molar-refractivity contribution is -0.121. The number of unbranched alkanes of at least 4 members (excludes halogenated alkanes) is 32. The van der Waals surface area contributed by atoms with E-state index in [2.05, 4.69) is 77.9 Å². The zero-order chi connectivity index (χ0) is 56.1. The van der Waals surface area contributed by atoms with Crippen LogP contribution in [0.25, 0.3) is 35.6 Å². The van der Waals surface area contributed by atoms with E-state index in [0.29, 0.717) is 23.0 Å². The Morgan fingerprint density at radius 3 is 1.26 bits per heavy atom. The van der Waals surface area contributed by atoms with Crippen molar-refractivity contribution in [2.45, 2.75) is 303 Å². The molecule has 0 saturated heterocycles. The quantitative estimate of drug-likeness (QED) is 0.0414. The average Bonchev–Trinajstić information content (AvgIpc) is 4.44. The maximum Gasteiger partial charge on any atom is 0.263 e. The van der Waals surface area contributed by atoms with Gasteiger partial charge in [-0.3, -0.25) is 19.5 Å². The second kappa shape index (κ2) is 34.5. The summed E-state index contributed by atoms with van der Waals surface area (Å²) >= 11 is 15.0. The average molecular weight is 1290 g/mol. The zero-order valence-electron chi connectivity index (χ0n) is 50.3. The fourth-order valence-corrected chi connectivity index (χ4v) is 20.5. The first-order valence-corrected chi connectivity index (χ1v) is 38.2. The number of Topliss-reactive ketones (excluding diaryl/α,β-unsaturated/α-hetero) is 1. The van der Waals surface area contributed by atoms with Gasteiger partial charge >= 0.3 is 0 Å². The third kappa shape index (κ3) is 17.3. The molecule has 0 bridgehead atoms. The number of fused-ring (bicyclic) bond motifs is 11. The SMILES string of the molecule is CCCCCCCCCCCCC(CCCCCCCCCC)CC1=CN2C(=O)C3=C4c5sc6cc(Br)sc6c5C(CC(CCCCCCCCCC)CCCCCCCCCCCC)=NC4C(=O)C3=C2c2sc3cc(Br)sc3c21. The van der Waals surface area contributed by atoms with Crippen LogP contribution in [-0.2, 0) is 9.59 Å². The Labute approximate surface area is 518 Å². The second-order valence-corrected chi connectivity index (χ2v) is 31.9. The van der Waals surface area contributed by atoms with E-state index in [4.69, 9.17) is 4.99 Å². The van der Waals surface area contributed by atoms with Crippen molar-refractivity contribution in [1.29, 1.82) is 0 Å². The first-order chi connectivity index (χ1) is 39.3. The van der Waals surface area contributed by atoms with Gasteiger partial charge in [-0.1, -0.05) is 285 Å². The van der Waals surface area contributed by atoms with Crippen LogP contribution >= 0.6 is 77.2 Å². The van der Waals surface area contributed by atoms with E-state index in [1.54, 1.807) is 34.0 Å². The van der Waals surface area contributed by atoms with Crippen LogP contribution in [-0.4, -0.2) is 28.3 Å². The number of nitrogens with zero attached hydrogens (tertiary/aromatic N) is 2. The largest absolute Gasteiger partial charge is 0.291 e. The molecule has 10 heteroatoms. The third-order valence-electron chi connectivity index (χ3n) is 18.4. The summed E-state index contributed by atoms with van der Waals surface area (Å²) in [6.45, 7) is 9.22. The highest BCUT2D eigenvalue weighted by atomic mass is 79.9. The van der Waals surface area contributed by atoms with Crippen molar-refractivity contribution in [2.24, 2.45) is 16.8 Å². The van der Waals surface area contributed by atoms with Crippen LogP contribution in [0.4, 0.5) is 0 Å². The van der Waals surface area contributed by atoms with E-state index in [-0.39, 0.29) is 11.7 Å². The number of halogens is 2.